The van der Waals surface area contributed by atoms with Gasteiger partial charge in [0.1, 0.15) is 0 Å². The largest absolute Gasteiger partial charge is 0.309 e. The van der Waals surface area contributed by atoms with Gasteiger partial charge < -0.3 is 5.32 Å². The van der Waals surface area contributed by atoms with Gasteiger partial charge in [0.05, 0.1) is 0 Å². The molecule has 1 fully saturated rings. The molecule has 16 heavy (non-hydrogen) atoms. The van der Waals surface area contributed by atoms with Crippen LogP contribution in [0.3, 0.4) is 0 Å². The van der Waals surface area contributed by atoms with E-state index in [0.29, 0.717) is 5.41 Å². The number of hydrogen-bond donors (Lipinski definition) is 1. The zero-order chi connectivity index (χ0) is 12.4. The number of piperazine rings is 1. The van der Waals surface area contributed by atoms with E-state index >= 15 is 0 Å². The minimum absolute atomic E-state index is 0.273. The van der Waals surface area contributed by atoms with Gasteiger partial charge in [0.2, 0.25) is 0 Å². The molecule has 1 atom stereocenters. The van der Waals surface area contributed by atoms with E-state index in [1.807, 2.05) is 0 Å². The molecule has 0 saturated carbocycles. The molecule has 1 saturated heterocycles. The van der Waals surface area contributed by atoms with Gasteiger partial charge in [-0.25, -0.2) is 0 Å². The van der Waals surface area contributed by atoms with Crippen molar-refractivity contribution in [3.05, 3.63) is 0 Å². The summed E-state index contributed by atoms with van der Waals surface area (Å²) in [6.07, 6.45) is 2.51. The van der Waals surface area contributed by atoms with Crippen molar-refractivity contribution >= 4 is 0 Å². The van der Waals surface area contributed by atoms with Crippen molar-refractivity contribution in [2.24, 2.45) is 5.41 Å². The van der Waals surface area contributed by atoms with Crippen LogP contribution in [0, 0.1) is 5.41 Å². The summed E-state index contributed by atoms with van der Waals surface area (Å²) in [7, 11) is 0. The van der Waals surface area contributed by atoms with E-state index in [9.17, 15) is 0 Å². The summed E-state index contributed by atoms with van der Waals surface area (Å²) in [5, 5.41) is 3.65. The predicted octanol–water partition coefficient (Wildman–Crippen LogP) is 2.89. The summed E-state index contributed by atoms with van der Waals surface area (Å²) < 4.78 is 0. The number of rotatable bonds is 4. The van der Waals surface area contributed by atoms with Crippen LogP contribution in [0.2, 0.25) is 0 Å². The van der Waals surface area contributed by atoms with Crippen molar-refractivity contribution < 1.29 is 0 Å². The smallest absolute Gasteiger partial charge is 0.0252 e. The SMILES string of the molecule is CCC1CNC(C)(C)CN1CC(C)(C)CC. The average molecular weight is 226 g/mol. The highest BCUT2D eigenvalue weighted by Crippen LogP contribution is 2.26. The molecule has 1 N–H and O–H groups in total. The molecule has 0 radical (unpaired) electrons. The molecular formula is C14H30N2. The molecule has 0 amide bonds. The first-order chi connectivity index (χ1) is 7.29. The van der Waals surface area contributed by atoms with Crippen molar-refractivity contribution in [2.75, 3.05) is 19.6 Å². The number of nitrogens with one attached hydrogen (secondary N) is 1. The highest BCUT2D eigenvalue weighted by atomic mass is 15.2. The Balaban J connectivity index is 2.66. The lowest BCUT2D eigenvalue weighted by atomic mass is 9.87. The normalized spacial score (nSPS) is 27.0. The van der Waals surface area contributed by atoms with E-state index in [1.54, 1.807) is 0 Å². The molecule has 1 heterocycles. The lowest BCUT2D eigenvalue weighted by molar-refractivity contribution is 0.0558. The van der Waals surface area contributed by atoms with Crippen molar-refractivity contribution in [3.8, 4) is 0 Å². The maximum atomic E-state index is 3.65. The molecule has 0 aromatic heterocycles. The van der Waals surface area contributed by atoms with Gasteiger partial charge in [-0.05, 0) is 32.1 Å². The molecule has 0 bridgehead atoms. The van der Waals surface area contributed by atoms with Crippen molar-refractivity contribution in [1.29, 1.82) is 0 Å². The van der Waals surface area contributed by atoms with Gasteiger partial charge in [0.15, 0.2) is 0 Å². The third-order valence-electron chi connectivity index (χ3n) is 3.99. The summed E-state index contributed by atoms with van der Waals surface area (Å²) in [4.78, 5) is 2.69. The second kappa shape index (κ2) is 5.05. The first kappa shape index (κ1) is 14.0. The second-order valence-corrected chi connectivity index (χ2v) is 6.75. The Morgan fingerprint density at radius 2 is 1.94 bits per heavy atom. The summed E-state index contributed by atoms with van der Waals surface area (Å²) in [6, 6.07) is 0.721. The fraction of sp³-hybridized carbons (Fsp3) is 1.00. The minimum atomic E-state index is 0.273. The lowest BCUT2D eigenvalue weighted by Gasteiger charge is -2.47. The lowest BCUT2D eigenvalue weighted by Crippen LogP contribution is -2.62. The van der Waals surface area contributed by atoms with E-state index in [0.717, 1.165) is 12.6 Å². The Morgan fingerprint density at radius 1 is 1.31 bits per heavy atom. The monoisotopic (exact) mass is 226 g/mol. The summed E-state index contributed by atoms with van der Waals surface area (Å²) >= 11 is 0. The predicted molar refractivity (Wildman–Crippen MR) is 71.8 cm³/mol. The molecular weight excluding hydrogens is 196 g/mol. The van der Waals surface area contributed by atoms with Gasteiger partial charge in [-0.15, -0.1) is 0 Å². The maximum absolute atomic E-state index is 3.65. The quantitative estimate of drug-likeness (QED) is 0.793. The number of nitrogens with zero attached hydrogens (tertiary/aromatic N) is 1. The Labute approximate surface area is 102 Å². The van der Waals surface area contributed by atoms with Gasteiger partial charge in [0.25, 0.3) is 0 Å². The third kappa shape index (κ3) is 3.74. The Hall–Kier alpha value is -0.0800. The molecule has 1 unspecified atom stereocenters. The minimum Gasteiger partial charge on any atom is -0.309 e. The Kier molecular flexibility index (Phi) is 4.42. The van der Waals surface area contributed by atoms with Crippen LogP contribution in [0.15, 0.2) is 0 Å². The van der Waals surface area contributed by atoms with Gasteiger partial charge in [0, 0.05) is 31.2 Å². The maximum Gasteiger partial charge on any atom is 0.0252 e. The molecule has 0 aliphatic carbocycles. The topological polar surface area (TPSA) is 15.3 Å². The zero-order valence-corrected chi connectivity index (χ0v) is 12.1. The van der Waals surface area contributed by atoms with E-state index in [2.05, 4.69) is 51.8 Å². The number of hydrogen-bond acceptors (Lipinski definition) is 2. The van der Waals surface area contributed by atoms with Crippen LogP contribution < -0.4 is 5.32 Å². The van der Waals surface area contributed by atoms with Crippen molar-refractivity contribution in [1.82, 2.24) is 10.2 Å². The average Bonchev–Trinajstić information content (AvgIpc) is 2.16. The van der Waals surface area contributed by atoms with Crippen LogP contribution in [-0.4, -0.2) is 36.1 Å². The molecule has 0 aromatic carbocycles. The van der Waals surface area contributed by atoms with Crippen LogP contribution in [-0.2, 0) is 0 Å². The second-order valence-electron chi connectivity index (χ2n) is 6.75. The molecule has 0 spiro atoms. The van der Waals surface area contributed by atoms with Crippen molar-refractivity contribution in [2.45, 2.75) is 66.0 Å². The molecule has 96 valence electrons. The summed E-state index contributed by atoms with van der Waals surface area (Å²) in [6.45, 7) is 17.5. The van der Waals surface area contributed by atoms with E-state index in [-0.39, 0.29) is 5.54 Å². The van der Waals surface area contributed by atoms with E-state index < -0.39 is 0 Å². The molecule has 1 rings (SSSR count). The first-order valence-electron chi connectivity index (χ1n) is 6.79. The van der Waals surface area contributed by atoms with Crippen LogP contribution >= 0.6 is 0 Å². The van der Waals surface area contributed by atoms with Crippen LogP contribution in [0.1, 0.15) is 54.4 Å². The van der Waals surface area contributed by atoms with Gasteiger partial charge in [-0.3, -0.25) is 4.90 Å². The molecule has 0 aromatic rings. The van der Waals surface area contributed by atoms with Gasteiger partial charge in [-0.1, -0.05) is 27.7 Å². The van der Waals surface area contributed by atoms with Crippen molar-refractivity contribution in [3.63, 3.8) is 0 Å². The fourth-order valence-corrected chi connectivity index (χ4v) is 2.47. The zero-order valence-electron chi connectivity index (χ0n) is 12.1. The van der Waals surface area contributed by atoms with Crippen LogP contribution in [0.25, 0.3) is 0 Å². The first-order valence-corrected chi connectivity index (χ1v) is 6.79. The van der Waals surface area contributed by atoms with Crippen LogP contribution in [0.4, 0.5) is 0 Å². The molecule has 2 nitrogen and oxygen atoms in total. The Bertz CT molecular complexity index is 221. The van der Waals surface area contributed by atoms with E-state index in [1.165, 1.54) is 25.9 Å². The third-order valence-corrected chi connectivity index (χ3v) is 3.99. The highest BCUT2D eigenvalue weighted by molar-refractivity contribution is 4.93. The van der Waals surface area contributed by atoms with Crippen LogP contribution in [0.5, 0.6) is 0 Å². The standard InChI is InChI=1S/C14H30N2/c1-7-12-9-15-14(5,6)11-16(12)10-13(3,4)8-2/h12,15H,7-11H2,1-6H3. The molecule has 2 heteroatoms. The summed E-state index contributed by atoms with van der Waals surface area (Å²) in [5.74, 6) is 0. The van der Waals surface area contributed by atoms with E-state index in [4.69, 9.17) is 0 Å². The molecule has 1 aliphatic heterocycles. The summed E-state index contributed by atoms with van der Waals surface area (Å²) in [5.41, 5.74) is 0.719. The molecule has 1 aliphatic rings. The Morgan fingerprint density at radius 3 is 2.44 bits per heavy atom. The van der Waals surface area contributed by atoms with Gasteiger partial charge >= 0.3 is 0 Å². The fourth-order valence-electron chi connectivity index (χ4n) is 2.47. The van der Waals surface area contributed by atoms with Gasteiger partial charge in [-0.2, -0.15) is 0 Å². The highest BCUT2D eigenvalue weighted by Gasteiger charge is 2.33.